The second kappa shape index (κ2) is 8.33. The first-order chi connectivity index (χ1) is 16.5. The van der Waals surface area contributed by atoms with Crippen molar-refractivity contribution in [3.63, 3.8) is 0 Å². The Morgan fingerprint density at radius 2 is 1.97 bits per heavy atom. The molecule has 0 spiro atoms. The van der Waals surface area contributed by atoms with E-state index in [0.717, 1.165) is 91.4 Å². The molecule has 3 aromatic rings. The van der Waals surface area contributed by atoms with Crippen LogP contribution in [0.25, 0.3) is 5.69 Å². The average Bonchev–Trinajstić information content (AvgIpc) is 3.53. The summed E-state index contributed by atoms with van der Waals surface area (Å²) in [7, 11) is 0. The largest absolute Gasteiger partial charge is 0.341 e. The number of hydrogen-bond acceptors (Lipinski definition) is 7. The molecule has 2 aromatic heterocycles. The standard InChI is InChI=1S/C25H27ClN8/c1-17-4-9-28-24(29-17)33-10-5-18(6-11-33)23-31-30-22-14-32(16-25(15-27)7-8-25)13-19-12-20(26)2-3-21(19)34(22)23/h2-4,9,12,18H,5-8,10-11,13-14,16H2,1H3. The summed E-state index contributed by atoms with van der Waals surface area (Å²) in [6, 6.07) is 10.5. The van der Waals surface area contributed by atoms with Gasteiger partial charge in [0.2, 0.25) is 5.95 Å². The van der Waals surface area contributed by atoms with E-state index in [2.05, 4.69) is 41.6 Å². The van der Waals surface area contributed by atoms with Gasteiger partial charge in [0.1, 0.15) is 5.82 Å². The van der Waals surface area contributed by atoms with Crippen molar-refractivity contribution in [1.82, 2.24) is 29.6 Å². The van der Waals surface area contributed by atoms with Crippen LogP contribution in [-0.4, -0.2) is 49.3 Å². The number of piperidine rings is 1. The van der Waals surface area contributed by atoms with Gasteiger partial charge in [0.05, 0.1) is 23.7 Å². The Bertz CT molecular complexity index is 1270. The van der Waals surface area contributed by atoms with Crippen molar-refractivity contribution in [2.24, 2.45) is 5.41 Å². The molecule has 1 aliphatic carbocycles. The minimum atomic E-state index is -0.207. The van der Waals surface area contributed by atoms with Crippen LogP contribution in [0.4, 0.5) is 5.95 Å². The number of aromatic nitrogens is 5. The molecule has 0 bridgehead atoms. The van der Waals surface area contributed by atoms with Gasteiger partial charge in [0.15, 0.2) is 5.82 Å². The van der Waals surface area contributed by atoms with E-state index in [1.54, 1.807) is 0 Å². The Morgan fingerprint density at radius 1 is 1.15 bits per heavy atom. The zero-order valence-corrected chi connectivity index (χ0v) is 20.0. The monoisotopic (exact) mass is 474 g/mol. The zero-order valence-electron chi connectivity index (χ0n) is 19.3. The van der Waals surface area contributed by atoms with Gasteiger partial charge < -0.3 is 4.90 Å². The third kappa shape index (κ3) is 3.93. The Balaban J connectivity index is 1.29. The second-order valence-electron chi connectivity index (χ2n) is 9.88. The Kier molecular flexibility index (Phi) is 5.27. The smallest absolute Gasteiger partial charge is 0.225 e. The lowest BCUT2D eigenvalue weighted by molar-refractivity contribution is 0.223. The molecule has 0 radical (unpaired) electrons. The van der Waals surface area contributed by atoms with Gasteiger partial charge in [-0.2, -0.15) is 5.26 Å². The summed E-state index contributed by atoms with van der Waals surface area (Å²) in [5, 5.41) is 19.7. The Morgan fingerprint density at radius 3 is 2.71 bits per heavy atom. The highest BCUT2D eigenvalue weighted by molar-refractivity contribution is 6.30. The van der Waals surface area contributed by atoms with E-state index in [1.807, 2.05) is 31.3 Å². The van der Waals surface area contributed by atoms with Crippen LogP contribution in [0.5, 0.6) is 0 Å². The third-order valence-corrected chi connectivity index (χ3v) is 7.57. The second-order valence-corrected chi connectivity index (χ2v) is 10.3. The van der Waals surface area contributed by atoms with Crippen LogP contribution in [0.2, 0.25) is 5.02 Å². The number of hydrogen-bond donors (Lipinski definition) is 0. The molecule has 4 heterocycles. The van der Waals surface area contributed by atoms with Crippen LogP contribution < -0.4 is 4.90 Å². The topological polar surface area (TPSA) is 86.8 Å². The van der Waals surface area contributed by atoms with E-state index < -0.39 is 0 Å². The van der Waals surface area contributed by atoms with Gasteiger partial charge in [-0.25, -0.2) is 9.97 Å². The van der Waals surface area contributed by atoms with Crippen LogP contribution >= 0.6 is 11.6 Å². The molecule has 0 amide bonds. The molecule has 2 aliphatic heterocycles. The Hall–Kier alpha value is -3.02. The quantitative estimate of drug-likeness (QED) is 0.564. The highest BCUT2D eigenvalue weighted by Gasteiger charge is 2.45. The van der Waals surface area contributed by atoms with Crippen LogP contribution in [0.3, 0.4) is 0 Å². The predicted octanol–water partition coefficient (Wildman–Crippen LogP) is 4.02. The lowest BCUT2D eigenvalue weighted by Gasteiger charge is -2.31. The van der Waals surface area contributed by atoms with Crippen molar-refractivity contribution in [2.75, 3.05) is 24.5 Å². The SMILES string of the molecule is Cc1ccnc(N2CCC(c3nnc4n3-c3ccc(Cl)cc3CN(CC3(C#N)CC3)C4)CC2)n1. The molecule has 2 fully saturated rings. The number of nitriles is 1. The van der Waals surface area contributed by atoms with Crippen molar-refractivity contribution in [3.05, 3.63) is 58.4 Å². The molecule has 9 heteroatoms. The van der Waals surface area contributed by atoms with E-state index in [-0.39, 0.29) is 5.41 Å². The fourth-order valence-electron chi connectivity index (χ4n) is 5.28. The molecule has 0 N–H and O–H groups in total. The summed E-state index contributed by atoms with van der Waals surface area (Å²) in [4.78, 5) is 13.7. The third-order valence-electron chi connectivity index (χ3n) is 7.34. The van der Waals surface area contributed by atoms with Gasteiger partial charge in [-0.15, -0.1) is 10.2 Å². The number of rotatable bonds is 4. The van der Waals surface area contributed by atoms with Crippen molar-refractivity contribution in [2.45, 2.75) is 51.6 Å². The molecule has 0 unspecified atom stereocenters. The minimum Gasteiger partial charge on any atom is -0.341 e. The van der Waals surface area contributed by atoms with Gasteiger partial charge in [-0.3, -0.25) is 9.47 Å². The highest BCUT2D eigenvalue weighted by atomic mass is 35.5. The summed E-state index contributed by atoms with van der Waals surface area (Å²) < 4.78 is 2.25. The zero-order chi connectivity index (χ0) is 23.3. The maximum Gasteiger partial charge on any atom is 0.225 e. The fourth-order valence-corrected chi connectivity index (χ4v) is 5.47. The van der Waals surface area contributed by atoms with E-state index in [0.29, 0.717) is 12.5 Å². The first-order valence-corrected chi connectivity index (χ1v) is 12.3. The minimum absolute atomic E-state index is 0.207. The summed E-state index contributed by atoms with van der Waals surface area (Å²) in [5.41, 5.74) is 3.04. The van der Waals surface area contributed by atoms with E-state index in [1.165, 1.54) is 0 Å². The summed E-state index contributed by atoms with van der Waals surface area (Å²) in [6.45, 7) is 5.97. The van der Waals surface area contributed by atoms with Gasteiger partial charge in [0.25, 0.3) is 0 Å². The van der Waals surface area contributed by atoms with Gasteiger partial charge >= 0.3 is 0 Å². The van der Waals surface area contributed by atoms with Gasteiger partial charge in [0, 0.05) is 49.0 Å². The number of fused-ring (bicyclic) bond motifs is 3. The molecule has 6 rings (SSSR count). The van der Waals surface area contributed by atoms with E-state index in [9.17, 15) is 5.26 Å². The molecule has 1 aromatic carbocycles. The molecule has 8 nitrogen and oxygen atoms in total. The first kappa shape index (κ1) is 21.5. The number of anilines is 1. The van der Waals surface area contributed by atoms with Gasteiger partial charge in [-0.05, 0) is 62.4 Å². The lowest BCUT2D eigenvalue weighted by Crippen LogP contribution is -2.35. The molecule has 0 atom stereocenters. The maximum atomic E-state index is 9.64. The molecule has 1 saturated carbocycles. The predicted molar refractivity (Wildman–Crippen MR) is 129 cm³/mol. The van der Waals surface area contributed by atoms with E-state index >= 15 is 0 Å². The number of halogens is 1. The first-order valence-electron chi connectivity index (χ1n) is 11.9. The maximum absolute atomic E-state index is 9.64. The normalized spacial score (nSPS) is 19.7. The van der Waals surface area contributed by atoms with Gasteiger partial charge in [-0.1, -0.05) is 11.6 Å². The summed E-state index contributed by atoms with van der Waals surface area (Å²) in [6.07, 6.45) is 5.72. The number of aryl methyl sites for hydroxylation is 1. The van der Waals surface area contributed by atoms with Crippen LogP contribution in [0.15, 0.2) is 30.5 Å². The molecule has 1 saturated heterocycles. The Labute approximate surface area is 204 Å². The molecule has 3 aliphatic rings. The van der Waals surface area contributed by atoms with Crippen molar-refractivity contribution < 1.29 is 0 Å². The average molecular weight is 475 g/mol. The number of benzene rings is 1. The van der Waals surface area contributed by atoms with E-state index in [4.69, 9.17) is 16.7 Å². The summed E-state index contributed by atoms with van der Waals surface area (Å²) in [5.74, 6) is 3.08. The molecular weight excluding hydrogens is 448 g/mol. The highest BCUT2D eigenvalue weighted by Crippen LogP contribution is 2.46. The lowest BCUT2D eigenvalue weighted by atomic mass is 9.95. The fraction of sp³-hybridized carbons (Fsp3) is 0.480. The number of nitrogens with zero attached hydrogens (tertiary/aromatic N) is 8. The van der Waals surface area contributed by atoms with Crippen molar-refractivity contribution in [3.8, 4) is 11.8 Å². The molecule has 34 heavy (non-hydrogen) atoms. The van der Waals surface area contributed by atoms with Crippen LogP contribution in [-0.2, 0) is 13.1 Å². The van der Waals surface area contributed by atoms with Crippen LogP contribution in [0.1, 0.15) is 54.5 Å². The molecule has 174 valence electrons. The summed E-state index contributed by atoms with van der Waals surface area (Å²) >= 11 is 6.40. The van der Waals surface area contributed by atoms with Crippen LogP contribution in [0, 0.1) is 23.7 Å². The van der Waals surface area contributed by atoms with Crippen molar-refractivity contribution >= 4 is 17.5 Å². The molecular formula is C25H27ClN8. The van der Waals surface area contributed by atoms with Crippen molar-refractivity contribution in [1.29, 1.82) is 5.26 Å².